The van der Waals surface area contributed by atoms with Gasteiger partial charge in [0, 0.05) is 18.3 Å². The molecule has 2 aromatic carbocycles. The summed E-state index contributed by atoms with van der Waals surface area (Å²) in [6.07, 6.45) is 0. The summed E-state index contributed by atoms with van der Waals surface area (Å²) < 4.78 is 5.76. The van der Waals surface area contributed by atoms with E-state index in [1.807, 2.05) is 61.5 Å². The monoisotopic (exact) mass is 239 g/mol. The van der Waals surface area contributed by atoms with Crippen molar-refractivity contribution in [3.8, 4) is 11.5 Å². The highest BCUT2D eigenvalue weighted by atomic mass is 16.5. The van der Waals surface area contributed by atoms with Crippen molar-refractivity contribution >= 4 is 5.69 Å². The van der Waals surface area contributed by atoms with Crippen LogP contribution in [-0.4, -0.2) is 6.54 Å². The van der Waals surface area contributed by atoms with Crippen molar-refractivity contribution in [2.24, 2.45) is 0 Å². The smallest absolute Gasteiger partial charge is 0.129 e. The SMILES string of the molecule is C=C(C)CNc1cccc(Oc2ccccc2)c1. The van der Waals surface area contributed by atoms with E-state index in [2.05, 4.69) is 11.9 Å². The average Bonchev–Trinajstić information content (AvgIpc) is 2.38. The molecule has 0 atom stereocenters. The van der Waals surface area contributed by atoms with E-state index in [1.54, 1.807) is 0 Å². The maximum absolute atomic E-state index is 5.76. The van der Waals surface area contributed by atoms with Gasteiger partial charge in [0.2, 0.25) is 0 Å². The minimum absolute atomic E-state index is 0.773. The van der Waals surface area contributed by atoms with Crippen molar-refractivity contribution in [1.29, 1.82) is 0 Å². The van der Waals surface area contributed by atoms with Crippen molar-refractivity contribution in [3.63, 3.8) is 0 Å². The molecule has 0 aliphatic carbocycles. The van der Waals surface area contributed by atoms with Crippen LogP contribution >= 0.6 is 0 Å². The Kier molecular flexibility index (Phi) is 4.02. The van der Waals surface area contributed by atoms with Gasteiger partial charge in [-0.3, -0.25) is 0 Å². The van der Waals surface area contributed by atoms with Crippen molar-refractivity contribution in [3.05, 3.63) is 66.7 Å². The molecule has 0 unspecified atom stereocenters. The maximum Gasteiger partial charge on any atom is 0.129 e. The van der Waals surface area contributed by atoms with Crippen LogP contribution in [0.3, 0.4) is 0 Å². The van der Waals surface area contributed by atoms with Crippen LogP contribution in [0.1, 0.15) is 6.92 Å². The van der Waals surface area contributed by atoms with E-state index in [9.17, 15) is 0 Å². The summed E-state index contributed by atoms with van der Waals surface area (Å²) in [7, 11) is 0. The van der Waals surface area contributed by atoms with Gasteiger partial charge in [0.15, 0.2) is 0 Å². The Morgan fingerprint density at radius 3 is 2.50 bits per heavy atom. The Morgan fingerprint density at radius 2 is 1.78 bits per heavy atom. The van der Waals surface area contributed by atoms with Gasteiger partial charge in [-0.25, -0.2) is 0 Å². The van der Waals surface area contributed by atoms with Gasteiger partial charge in [-0.15, -0.1) is 0 Å². The van der Waals surface area contributed by atoms with Crippen molar-refractivity contribution in [1.82, 2.24) is 0 Å². The van der Waals surface area contributed by atoms with Gasteiger partial charge in [0.05, 0.1) is 0 Å². The van der Waals surface area contributed by atoms with Crippen molar-refractivity contribution in [2.45, 2.75) is 6.92 Å². The Balaban J connectivity index is 2.05. The number of hydrogen-bond acceptors (Lipinski definition) is 2. The van der Waals surface area contributed by atoms with Crippen LogP contribution in [0.2, 0.25) is 0 Å². The summed E-state index contributed by atoms with van der Waals surface area (Å²) in [5.74, 6) is 1.67. The van der Waals surface area contributed by atoms with Crippen LogP contribution < -0.4 is 10.1 Å². The molecule has 0 saturated heterocycles. The third kappa shape index (κ3) is 3.67. The van der Waals surface area contributed by atoms with Gasteiger partial charge in [-0.1, -0.05) is 36.4 Å². The van der Waals surface area contributed by atoms with E-state index in [1.165, 1.54) is 0 Å². The lowest BCUT2D eigenvalue weighted by Crippen LogP contribution is -2.01. The first-order chi connectivity index (χ1) is 8.74. The molecule has 0 aliphatic heterocycles. The van der Waals surface area contributed by atoms with Crippen LogP contribution in [0.25, 0.3) is 0 Å². The van der Waals surface area contributed by atoms with E-state index in [0.29, 0.717) is 0 Å². The number of hydrogen-bond donors (Lipinski definition) is 1. The molecule has 92 valence electrons. The first-order valence-corrected chi connectivity index (χ1v) is 5.95. The summed E-state index contributed by atoms with van der Waals surface area (Å²) in [6, 6.07) is 17.7. The zero-order valence-corrected chi connectivity index (χ0v) is 10.5. The summed E-state index contributed by atoms with van der Waals surface area (Å²) in [5.41, 5.74) is 2.14. The summed E-state index contributed by atoms with van der Waals surface area (Å²) in [6.45, 7) is 6.64. The molecule has 0 radical (unpaired) electrons. The Labute approximate surface area is 108 Å². The zero-order chi connectivity index (χ0) is 12.8. The Bertz CT molecular complexity index is 520. The van der Waals surface area contributed by atoms with Crippen LogP contribution in [0.4, 0.5) is 5.69 Å². The summed E-state index contributed by atoms with van der Waals surface area (Å²) >= 11 is 0. The van der Waals surface area contributed by atoms with E-state index >= 15 is 0 Å². The van der Waals surface area contributed by atoms with E-state index in [0.717, 1.165) is 29.3 Å². The molecule has 0 aromatic heterocycles. The van der Waals surface area contributed by atoms with Gasteiger partial charge < -0.3 is 10.1 Å². The van der Waals surface area contributed by atoms with Gasteiger partial charge in [-0.2, -0.15) is 0 Å². The fourth-order valence-corrected chi connectivity index (χ4v) is 1.55. The Hall–Kier alpha value is -2.22. The maximum atomic E-state index is 5.76. The molecule has 2 heteroatoms. The van der Waals surface area contributed by atoms with Crippen LogP contribution in [-0.2, 0) is 0 Å². The minimum Gasteiger partial charge on any atom is -0.457 e. The molecule has 18 heavy (non-hydrogen) atoms. The first kappa shape index (κ1) is 12.2. The molecule has 2 rings (SSSR count). The zero-order valence-electron chi connectivity index (χ0n) is 10.5. The molecule has 2 nitrogen and oxygen atoms in total. The summed E-state index contributed by atoms with van der Waals surface area (Å²) in [5, 5.41) is 3.29. The number of rotatable bonds is 5. The highest BCUT2D eigenvalue weighted by Crippen LogP contribution is 2.23. The largest absolute Gasteiger partial charge is 0.457 e. The van der Waals surface area contributed by atoms with Gasteiger partial charge in [0.25, 0.3) is 0 Å². The highest BCUT2D eigenvalue weighted by molar-refractivity contribution is 5.49. The van der Waals surface area contributed by atoms with Crippen molar-refractivity contribution in [2.75, 3.05) is 11.9 Å². The van der Waals surface area contributed by atoms with Gasteiger partial charge >= 0.3 is 0 Å². The Morgan fingerprint density at radius 1 is 1.06 bits per heavy atom. The molecule has 0 spiro atoms. The van der Waals surface area contributed by atoms with Crippen LogP contribution in [0, 0.1) is 0 Å². The van der Waals surface area contributed by atoms with Gasteiger partial charge in [-0.05, 0) is 31.2 Å². The molecule has 0 aliphatic rings. The normalized spacial score (nSPS) is 9.83. The van der Waals surface area contributed by atoms with E-state index in [-0.39, 0.29) is 0 Å². The van der Waals surface area contributed by atoms with Crippen LogP contribution in [0.15, 0.2) is 66.7 Å². The molecule has 2 aromatic rings. The van der Waals surface area contributed by atoms with Crippen molar-refractivity contribution < 1.29 is 4.74 Å². The lowest BCUT2D eigenvalue weighted by molar-refractivity contribution is 0.483. The second-order valence-corrected chi connectivity index (χ2v) is 4.25. The fourth-order valence-electron chi connectivity index (χ4n) is 1.55. The highest BCUT2D eigenvalue weighted by Gasteiger charge is 1.98. The number of anilines is 1. The quantitative estimate of drug-likeness (QED) is 0.777. The minimum atomic E-state index is 0.773. The molecule has 0 fully saturated rings. The number of nitrogens with one attached hydrogen (secondary N) is 1. The van der Waals surface area contributed by atoms with Crippen LogP contribution in [0.5, 0.6) is 11.5 Å². The third-order valence-electron chi connectivity index (χ3n) is 2.41. The molecule has 1 N–H and O–H groups in total. The molecule has 0 bridgehead atoms. The topological polar surface area (TPSA) is 21.3 Å². The average molecular weight is 239 g/mol. The van der Waals surface area contributed by atoms with Gasteiger partial charge in [0.1, 0.15) is 11.5 Å². The first-order valence-electron chi connectivity index (χ1n) is 5.95. The molecule has 0 heterocycles. The second kappa shape index (κ2) is 5.92. The molecule has 0 amide bonds. The summed E-state index contributed by atoms with van der Waals surface area (Å²) in [4.78, 5) is 0. The molecule has 0 saturated carbocycles. The lowest BCUT2D eigenvalue weighted by atomic mass is 10.2. The number of ether oxygens (including phenoxy) is 1. The second-order valence-electron chi connectivity index (χ2n) is 4.25. The predicted octanol–water partition coefficient (Wildman–Crippen LogP) is 4.47. The molecular formula is C16H17NO. The fraction of sp³-hybridized carbons (Fsp3) is 0.125. The number of para-hydroxylation sites is 1. The van der Waals surface area contributed by atoms with E-state index < -0.39 is 0 Å². The lowest BCUT2D eigenvalue weighted by Gasteiger charge is -2.09. The van der Waals surface area contributed by atoms with E-state index in [4.69, 9.17) is 4.74 Å². The number of benzene rings is 2. The predicted molar refractivity (Wildman–Crippen MR) is 76.3 cm³/mol. The molecular weight excluding hydrogens is 222 g/mol. The standard InChI is InChI=1S/C16H17NO/c1-13(2)12-17-14-7-6-10-16(11-14)18-15-8-4-3-5-9-15/h3-11,17H,1,12H2,2H3. The third-order valence-corrected chi connectivity index (χ3v) is 2.41.